The fraction of sp³-hybridized carbons (Fsp3) is 0.923. The van der Waals surface area contributed by atoms with Crippen LogP contribution in [0.15, 0.2) is 0 Å². The molecule has 1 aliphatic carbocycles. The van der Waals surface area contributed by atoms with Gasteiger partial charge in [0.1, 0.15) is 6.61 Å². The molecule has 0 N–H and O–H groups in total. The van der Waals surface area contributed by atoms with E-state index in [1.165, 1.54) is 0 Å². The van der Waals surface area contributed by atoms with E-state index < -0.39 is 0 Å². The first-order chi connectivity index (χ1) is 7.50. The molecular formula is C13H24O3. The Kier molecular flexibility index (Phi) is 4.78. The molecule has 0 heterocycles. The van der Waals surface area contributed by atoms with Crippen molar-refractivity contribution in [3.8, 4) is 0 Å². The van der Waals surface area contributed by atoms with Gasteiger partial charge in [-0.2, -0.15) is 0 Å². The van der Waals surface area contributed by atoms with Gasteiger partial charge in [0.25, 0.3) is 0 Å². The zero-order valence-electron chi connectivity index (χ0n) is 11.0. The van der Waals surface area contributed by atoms with Gasteiger partial charge in [-0.25, -0.2) is 0 Å². The van der Waals surface area contributed by atoms with Crippen molar-refractivity contribution < 1.29 is 14.3 Å². The smallest absolute Gasteiger partial charge is 0.309 e. The molecule has 94 valence electrons. The SMILES string of the molecule is COCCOC(=O)C1C(C)C(C)C(C)C1C. The highest BCUT2D eigenvalue weighted by atomic mass is 16.6. The van der Waals surface area contributed by atoms with Gasteiger partial charge in [-0.15, -0.1) is 0 Å². The van der Waals surface area contributed by atoms with Crippen LogP contribution in [0, 0.1) is 29.6 Å². The van der Waals surface area contributed by atoms with Crippen LogP contribution in [0.25, 0.3) is 0 Å². The van der Waals surface area contributed by atoms with Gasteiger partial charge in [-0.05, 0) is 23.7 Å². The fourth-order valence-electron chi connectivity index (χ4n) is 2.84. The molecule has 1 fully saturated rings. The molecule has 3 heteroatoms. The molecule has 16 heavy (non-hydrogen) atoms. The number of esters is 1. The van der Waals surface area contributed by atoms with E-state index in [0.29, 0.717) is 36.9 Å². The summed E-state index contributed by atoms with van der Waals surface area (Å²) in [5, 5.41) is 0. The van der Waals surface area contributed by atoms with Crippen LogP contribution in [0.2, 0.25) is 0 Å². The van der Waals surface area contributed by atoms with Crippen molar-refractivity contribution in [2.45, 2.75) is 27.7 Å². The largest absolute Gasteiger partial charge is 0.463 e. The summed E-state index contributed by atoms with van der Waals surface area (Å²) in [5.74, 6) is 2.03. The molecular weight excluding hydrogens is 204 g/mol. The Balaban J connectivity index is 2.55. The first kappa shape index (κ1) is 13.5. The lowest BCUT2D eigenvalue weighted by atomic mass is 9.89. The first-order valence-corrected chi connectivity index (χ1v) is 6.16. The Morgan fingerprint density at radius 3 is 1.88 bits per heavy atom. The van der Waals surface area contributed by atoms with Crippen molar-refractivity contribution >= 4 is 5.97 Å². The van der Waals surface area contributed by atoms with Crippen molar-refractivity contribution in [3.63, 3.8) is 0 Å². The van der Waals surface area contributed by atoms with E-state index in [2.05, 4.69) is 27.7 Å². The lowest BCUT2D eigenvalue weighted by Gasteiger charge is -2.19. The van der Waals surface area contributed by atoms with E-state index in [0.717, 1.165) is 0 Å². The van der Waals surface area contributed by atoms with Crippen LogP contribution in [0.4, 0.5) is 0 Å². The minimum atomic E-state index is -0.0479. The van der Waals surface area contributed by atoms with Gasteiger partial charge in [-0.3, -0.25) is 4.79 Å². The van der Waals surface area contributed by atoms with E-state index in [9.17, 15) is 4.79 Å². The van der Waals surface area contributed by atoms with Crippen LogP contribution in [-0.2, 0) is 14.3 Å². The lowest BCUT2D eigenvalue weighted by molar-refractivity contribution is -0.152. The molecule has 1 rings (SSSR count). The van der Waals surface area contributed by atoms with Gasteiger partial charge in [0, 0.05) is 7.11 Å². The highest BCUT2D eigenvalue weighted by Gasteiger charge is 2.45. The third kappa shape index (κ3) is 2.57. The maximum Gasteiger partial charge on any atom is 0.309 e. The highest BCUT2D eigenvalue weighted by Crippen LogP contribution is 2.45. The summed E-state index contributed by atoms with van der Waals surface area (Å²) in [6.45, 7) is 9.63. The van der Waals surface area contributed by atoms with Crippen LogP contribution >= 0.6 is 0 Å². The normalized spacial score (nSPS) is 38.7. The zero-order chi connectivity index (χ0) is 12.3. The van der Waals surface area contributed by atoms with Gasteiger partial charge in [0.15, 0.2) is 0 Å². The summed E-state index contributed by atoms with van der Waals surface area (Å²) < 4.78 is 10.1. The molecule has 1 saturated carbocycles. The van der Waals surface area contributed by atoms with Crippen LogP contribution < -0.4 is 0 Å². The summed E-state index contributed by atoms with van der Waals surface area (Å²) >= 11 is 0. The van der Waals surface area contributed by atoms with Gasteiger partial charge in [-0.1, -0.05) is 27.7 Å². The Morgan fingerprint density at radius 2 is 1.44 bits per heavy atom. The molecule has 4 atom stereocenters. The Bertz CT molecular complexity index is 225. The summed E-state index contributed by atoms with van der Waals surface area (Å²) in [6.07, 6.45) is 0. The summed E-state index contributed by atoms with van der Waals surface area (Å²) in [4.78, 5) is 12.0. The average Bonchev–Trinajstić information content (AvgIpc) is 2.44. The molecule has 3 nitrogen and oxygen atoms in total. The Hall–Kier alpha value is -0.570. The van der Waals surface area contributed by atoms with E-state index in [1.54, 1.807) is 7.11 Å². The average molecular weight is 228 g/mol. The molecule has 0 bridgehead atoms. The highest BCUT2D eigenvalue weighted by molar-refractivity contribution is 5.73. The minimum absolute atomic E-state index is 0.0479. The molecule has 0 aliphatic heterocycles. The third-order valence-corrected chi connectivity index (χ3v) is 4.42. The fourth-order valence-corrected chi connectivity index (χ4v) is 2.84. The van der Waals surface area contributed by atoms with Crippen molar-refractivity contribution in [1.29, 1.82) is 0 Å². The number of hydrogen-bond donors (Lipinski definition) is 0. The molecule has 0 amide bonds. The molecule has 1 aliphatic rings. The van der Waals surface area contributed by atoms with E-state index in [4.69, 9.17) is 9.47 Å². The van der Waals surface area contributed by atoms with E-state index in [1.807, 2.05) is 0 Å². The van der Waals surface area contributed by atoms with Gasteiger partial charge < -0.3 is 9.47 Å². The van der Waals surface area contributed by atoms with Crippen molar-refractivity contribution in [2.75, 3.05) is 20.3 Å². The van der Waals surface area contributed by atoms with Crippen LogP contribution in [-0.4, -0.2) is 26.3 Å². The number of rotatable bonds is 4. The van der Waals surface area contributed by atoms with Crippen LogP contribution in [0.1, 0.15) is 27.7 Å². The van der Waals surface area contributed by atoms with Crippen LogP contribution in [0.5, 0.6) is 0 Å². The monoisotopic (exact) mass is 228 g/mol. The Labute approximate surface area is 98.5 Å². The number of carbonyl (C=O) groups is 1. The second-order valence-electron chi connectivity index (χ2n) is 5.12. The number of methoxy groups -OCH3 is 1. The van der Waals surface area contributed by atoms with Gasteiger partial charge in [0.05, 0.1) is 12.5 Å². The topological polar surface area (TPSA) is 35.5 Å². The van der Waals surface area contributed by atoms with Crippen molar-refractivity contribution in [2.24, 2.45) is 29.6 Å². The molecule has 0 aromatic rings. The van der Waals surface area contributed by atoms with Crippen molar-refractivity contribution in [1.82, 2.24) is 0 Å². The van der Waals surface area contributed by atoms with Crippen molar-refractivity contribution in [3.05, 3.63) is 0 Å². The standard InChI is InChI=1S/C13H24O3/c1-8-9(2)11(4)12(10(8)3)13(14)16-7-6-15-5/h8-12H,6-7H2,1-5H3. The van der Waals surface area contributed by atoms with E-state index in [-0.39, 0.29) is 11.9 Å². The third-order valence-electron chi connectivity index (χ3n) is 4.42. The van der Waals surface area contributed by atoms with Gasteiger partial charge >= 0.3 is 5.97 Å². The number of carbonyl (C=O) groups excluding carboxylic acids is 1. The summed E-state index contributed by atoms with van der Waals surface area (Å²) in [5.41, 5.74) is 0. The molecule has 0 radical (unpaired) electrons. The first-order valence-electron chi connectivity index (χ1n) is 6.16. The predicted octanol–water partition coefficient (Wildman–Crippen LogP) is 2.35. The Morgan fingerprint density at radius 1 is 0.938 bits per heavy atom. The minimum Gasteiger partial charge on any atom is -0.463 e. The quantitative estimate of drug-likeness (QED) is 0.547. The molecule has 0 saturated heterocycles. The van der Waals surface area contributed by atoms with E-state index >= 15 is 0 Å². The number of hydrogen-bond acceptors (Lipinski definition) is 3. The molecule has 0 spiro atoms. The zero-order valence-corrected chi connectivity index (χ0v) is 11.0. The number of ether oxygens (including phenoxy) is 2. The lowest BCUT2D eigenvalue weighted by Crippen LogP contribution is -2.26. The molecule has 0 aromatic heterocycles. The van der Waals surface area contributed by atoms with Gasteiger partial charge in [0.2, 0.25) is 0 Å². The predicted molar refractivity (Wildman–Crippen MR) is 63.0 cm³/mol. The molecule has 0 aromatic carbocycles. The second kappa shape index (κ2) is 5.67. The second-order valence-corrected chi connectivity index (χ2v) is 5.12. The maximum atomic E-state index is 12.0. The summed E-state index contributed by atoms with van der Waals surface area (Å²) in [6, 6.07) is 0. The molecule has 4 unspecified atom stereocenters. The van der Waals surface area contributed by atoms with Crippen LogP contribution in [0.3, 0.4) is 0 Å². The summed E-state index contributed by atoms with van der Waals surface area (Å²) in [7, 11) is 1.61. The maximum absolute atomic E-state index is 12.0.